The molecule has 1 amide bonds. The average molecular weight is 460 g/mol. The number of rotatable bonds is 7. The van der Waals surface area contributed by atoms with Gasteiger partial charge in [0.2, 0.25) is 5.91 Å². The molecule has 0 bridgehead atoms. The van der Waals surface area contributed by atoms with E-state index < -0.39 is 47.0 Å². The normalized spacial score (nSPS) is 21.7. The van der Waals surface area contributed by atoms with Crippen LogP contribution < -0.4 is 5.32 Å². The van der Waals surface area contributed by atoms with Gasteiger partial charge in [0.15, 0.2) is 0 Å². The van der Waals surface area contributed by atoms with Crippen molar-refractivity contribution in [3.8, 4) is 0 Å². The van der Waals surface area contributed by atoms with Crippen molar-refractivity contribution in [3.63, 3.8) is 0 Å². The first-order chi connectivity index (χ1) is 14.4. The number of carbonyl (C=O) groups excluding carboxylic acids is 1. The molecule has 0 aromatic heterocycles. The molecule has 0 radical (unpaired) electrons. The minimum absolute atomic E-state index is 0.0467. The monoisotopic (exact) mass is 459 g/mol. The van der Waals surface area contributed by atoms with Gasteiger partial charge in [-0.3, -0.25) is 9.59 Å². The molecule has 31 heavy (non-hydrogen) atoms. The number of benzene rings is 1. The first-order valence-corrected chi connectivity index (χ1v) is 10.2. The second-order valence-electron chi connectivity index (χ2n) is 8.23. The third kappa shape index (κ3) is 5.11. The van der Waals surface area contributed by atoms with E-state index in [0.717, 1.165) is 6.92 Å². The van der Waals surface area contributed by atoms with Gasteiger partial charge in [0.05, 0.1) is 22.9 Å². The van der Waals surface area contributed by atoms with Crippen LogP contribution in [0.3, 0.4) is 0 Å². The predicted octanol–water partition coefficient (Wildman–Crippen LogP) is 5.68. The molecule has 2 N–H and O–H groups in total. The number of hydrogen-bond acceptors (Lipinski definition) is 2. The molecule has 3 rings (SSSR count). The number of carboxylic acid groups (broad SMARTS) is 1. The fourth-order valence-electron chi connectivity index (χ4n) is 3.88. The van der Waals surface area contributed by atoms with Gasteiger partial charge in [-0.1, -0.05) is 42.8 Å². The molecule has 1 saturated carbocycles. The highest BCUT2D eigenvalue weighted by atomic mass is 35.5. The number of aliphatic carboxylic acids is 1. The minimum Gasteiger partial charge on any atom is -0.481 e. The van der Waals surface area contributed by atoms with Crippen LogP contribution in [0, 0.1) is 29.0 Å². The minimum atomic E-state index is -4.62. The van der Waals surface area contributed by atoms with Crippen molar-refractivity contribution in [2.45, 2.75) is 38.8 Å². The lowest BCUT2D eigenvalue weighted by molar-refractivity contribution is -0.188. The van der Waals surface area contributed by atoms with E-state index in [1.165, 1.54) is 36.4 Å². The van der Waals surface area contributed by atoms with E-state index in [2.05, 4.69) is 5.32 Å². The Hall–Kier alpha value is -2.35. The summed E-state index contributed by atoms with van der Waals surface area (Å²) in [6.45, 7) is 0.925. The molecule has 1 aromatic rings. The molecule has 4 nitrogen and oxygen atoms in total. The molecule has 168 valence electrons. The summed E-state index contributed by atoms with van der Waals surface area (Å²) in [5, 5.41) is 12.0. The van der Waals surface area contributed by atoms with Gasteiger partial charge in [-0.15, -0.1) is 0 Å². The van der Waals surface area contributed by atoms with E-state index in [4.69, 9.17) is 11.6 Å². The van der Waals surface area contributed by atoms with E-state index in [9.17, 15) is 32.3 Å². The Kier molecular flexibility index (Phi) is 6.51. The number of alkyl halides is 3. The van der Waals surface area contributed by atoms with E-state index in [1.807, 2.05) is 0 Å². The maximum absolute atomic E-state index is 15.0. The van der Waals surface area contributed by atoms with Gasteiger partial charge >= 0.3 is 12.1 Å². The fourth-order valence-corrected chi connectivity index (χ4v) is 4.05. The van der Waals surface area contributed by atoms with Gasteiger partial charge < -0.3 is 10.4 Å². The molecular weight excluding hydrogens is 438 g/mol. The lowest BCUT2D eigenvalue weighted by Gasteiger charge is -2.31. The zero-order valence-electron chi connectivity index (χ0n) is 16.7. The van der Waals surface area contributed by atoms with Crippen LogP contribution in [0.15, 0.2) is 41.5 Å². The number of anilines is 1. The van der Waals surface area contributed by atoms with Crippen LogP contribution in [0.25, 0.3) is 0 Å². The Morgan fingerprint density at radius 1 is 1.32 bits per heavy atom. The third-order valence-electron chi connectivity index (χ3n) is 6.08. The molecule has 0 aliphatic heterocycles. The molecule has 0 spiro atoms. The first-order valence-electron chi connectivity index (χ1n) is 9.87. The van der Waals surface area contributed by atoms with Crippen LogP contribution in [0.5, 0.6) is 0 Å². The van der Waals surface area contributed by atoms with Gasteiger partial charge in [-0.05, 0) is 49.3 Å². The Morgan fingerprint density at radius 2 is 2.00 bits per heavy atom. The van der Waals surface area contributed by atoms with Gasteiger partial charge in [-0.2, -0.15) is 13.2 Å². The maximum Gasteiger partial charge on any atom is 0.392 e. The second kappa shape index (κ2) is 8.65. The van der Waals surface area contributed by atoms with E-state index in [-0.39, 0.29) is 24.1 Å². The molecule has 1 aromatic carbocycles. The number of carboxylic acids is 1. The molecule has 1 fully saturated rings. The molecule has 0 heterocycles. The lowest BCUT2D eigenvalue weighted by atomic mass is 9.78. The van der Waals surface area contributed by atoms with Crippen molar-refractivity contribution in [2.75, 3.05) is 5.32 Å². The van der Waals surface area contributed by atoms with Gasteiger partial charge in [0, 0.05) is 5.03 Å². The summed E-state index contributed by atoms with van der Waals surface area (Å²) in [4.78, 5) is 24.3. The number of carbonyl (C=O) groups is 2. The van der Waals surface area contributed by atoms with Crippen molar-refractivity contribution in [2.24, 2.45) is 23.2 Å². The van der Waals surface area contributed by atoms with Gasteiger partial charge in [0.25, 0.3) is 0 Å². The summed E-state index contributed by atoms with van der Waals surface area (Å²) in [6.07, 6.45) is 0.777. The molecule has 2 aliphatic carbocycles. The maximum atomic E-state index is 15.0. The summed E-state index contributed by atoms with van der Waals surface area (Å²) in [5.41, 5.74) is -1.18. The number of amides is 1. The molecule has 0 saturated heterocycles. The molecule has 3 atom stereocenters. The van der Waals surface area contributed by atoms with E-state index in [0.29, 0.717) is 17.9 Å². The van der Waals surface area contributed by atoms with E-state index in [1.54, 1.807) is 0 Å². The zero-order valence-corrected chi connectivity index (χ0v) is 17.4. The zero-order chi connectivity index (χ0) is 23.0. The molecular formula is C22H22ClF4NO3. The van der Waals surface area contributed by atoms with Gasteiger partial charge in [-0.25, -0.2) is 4.39 Å². The predicted molar refractivity (Wildman–Crippen MR) is 108 cm³/mol. The SMILES string of the molecule is C[C@H]([C@H](C(=O)Nc1cccc(CC2(C(=O)O)CC2)c1F)C1C=CC(Cl)=CC1)C(F)(F)F. The van der Waals surface area contributed by atoms with E-state index >= 15 is 0 Å². The van der Waals surface area contributed by atoms with Crippen LogP contribution >= 0.6 is 11.6 Å². The topological polar surface area (TPSA) is 66.4 Å². The number of hydrogen-bond donors (Lipinski definition) is 2. The first kappa shape index (κ1) is 23.3. The number of nitrogens with one attached hydrogen (secondary N) is 1. The van der Waals surface area contributed by atoms with Crippen molar-refractivity contribution < 1.29 is 32.3 Å². The number of halogens is 5. The van der Waals surface area contributed by atoms with Crippen LogP contribution in [0.1, 0.15) is 31.7 Å². The summed E-state index contributed by atoms with van der Waals surface area (Å²) >= 11 is 5.84. The lowest BCUT2D eigenvalue weighted by Crippen LogP contribution is -2.40. The second-order valence-corrected chi connectivity index (χ2v) is 8.67. The van der Waals surface area contributed by atoms with Crippen molar-refractivity contribution in [1.29, 1.82) is 0 Å². The summed E-state index contributed by atoms with van der Waals surface area (Å²) in [6, 6.07) is 4.11. The summed E-state index contributed by atoms with van der Waals surface area (Å²) in [5.74, 6) is -7.02. The quantitative estimate of drug-likeness (QED) is 0.515. The smallest absolute Gasteiger partial charge is 0.392 e. The number of allylic oxidation sites excluding steroid dienone is 4. The van der Waals surface area contributed by atoms with Crippen LogP contribution in [-0.4, -0.2) is 23.2 Å². The summed E-state index contributed by atoms with van der Waals surface area (Å²) in [7, 11) is 0. The van der Waals surface area contributed by atoms with Gasteiger partial charge in [0.1, 0.15) is 5.82 Å². The highest BCUT2D eigenvalue weighted by Gasteiger charge is 2.50. The molecule has 2 aliphatic rings. The fraction of sp³-hybridized carbons (Fsp3) is 0.455. The standard InChI is InChI=1S/C22H22ClF4NO3/c1-12(22(25,26)27)17(13-5-7-15(23)8-6-13)19(29)28-16-4-2-3-14(18(16)24)11-21(9-10-21)20(30)31/h2-5,7-8,12-13,17H,6,9-11H2,1H3,(H,28,29)(H,30,31)/t12-,13?,17+/m1/s1. The molecule has 1 unspecified atom stereocenters. The van der Waals surface area contributed by atoms with Crippen molar-refractivity contribution in [3.05, 3.63) is 52.8 Å². The Labute approximate surface area is 182 Å². The Morgan fingerprint density at radius 3 is 2.52 bits per heavy atom. The average Bonchev–Trinajstić information content (AvgIpc) is 3.47. The highest BCUT2D eigenvalue weighted by Crippen LogP contribution is 2.49. The third-order valence-corrected chi connectivity index (χ3v) is 6.36. The van der Waals surface area contributed by atoms with Crippen LogP contribution in [0.2, 0.25) is 0 Å². The van der Waals surface area contributed by atoms with Crippen LogP contribution in [-0.2, 0) is 16.0 Å². The van der Waals surface area contributed by atoms with Crippen LogP contribution in [0.4, 0.5) is 23.2 Å². The summed E-state index contributed by atoms with van der Waals surface area (Å²) < 4.78 is 55.4. The van der Waals surface area contributed by atoms with Crippen molar-refractivity contribution in [1.82, 2.24) is 0 Å². The highest BCUT2D eigenvalue weighted by molar-refractivity contribution is 6.31. The largest absolute Gasteiger partial charge is 0.481 e. The molecule has 9 heteroatoms. The Balaban J connectivity index is 1.84. The van der Waals surface area contributed by atoms with Crippen molar-refractivity contribution >= 4 is 29.2 Å². The Bertz CT molecular complexity index is 937.